The minimum Gasteiger partial charge on any atom is -0.378 e. The molecule has 0 atom stereocenters. The summed E-state index contributed by atoms with van der Waals surface area (Å²) in [6.45, 7) is 1.11. The second-order valence-electron chi connectivity index (χ2n) is 7.13. The predicted molar refractivity (Wildman–Crippen MR) is 128 cm³/mol. The largest absolute Gasteiger partial charge is 0.378 e. The van der Waals surface area contributed by atoms with E-state index in [1.165, 1.54) is 18.2 Å². The third-order valence-corrected chi connectivity index (χ3v) is 5.01. The summed E-state index contributed by atoms with van der Waals surface area (Å²) in [5.41, 5.74) is 0.830. The van der Waals surface area contributed by atoms with Crippen molar-refractivity contribution in [2.45, 2.75) is 0 Å². The van der Waals surface area contributed by atoms with Gasteiger partial charge in [0.1, 0.15) is 17.1 Å². The standard InChI is InChI=1S/C22H22N6O6/c29-26(30)19-9-3-1-7-17(19)23-13-15-25(21-11-5-6-12-22(21)28(33)34)16-14-24-18-8-2-4-10-20(18)27(31)32/h1-12,23-24H,13-16H2. The van der Waals surface area contributed by atoms with Gasteiger partial charge >= 0.3 is 0 Å². The van der Waals surface area contributed by atoms with Gasteiger partial charge in [-0.25, -0.2) is 0 Å². The molecule has 3 aromatic carbocycles. The average Bonchev–Trinajstić information content (AvgIpc) is 2.83. The summed E-state index contributed by atoms with van der Waals surface area (Å²) in [6, 6.07) is 18.7. The summed E-state index contributed by atoms with van der Waals surface area (Å²) < 4.78 is 0. The quantitative estimate of drug-likeness (QED) is 0.291. The first kappa shape index (κ1) is 23.9. The molecule has 0 saturated carbocycles. The number of hydrogen-bond acceptors (Lipinski definition) is 9. The van der Waals surface area contributed by atoms with Crippen molar-refractivity contribution >= 4 is 34.1 Å². The lowest BCUT2D eigenvalue weighted by atomic mass is 10.2. The maximum atomic E-state index is 11.6. The van der Waals surface area contributed by atoms with Gasteiger partial charge in [-0.1, -0.05) is 36.4 Å². The zero-order valence-corrected chi connectivity index (χ0v) is 18.0. The monoisotopic (exact) mass is 466 g/mol. The normalized spacial score (nSPS) is 10.4. The van der Waals surface area contributed by atoms with Crippen LogP contribution in [0.15, 0.2) is 72.8 Å². The number of rotatable bonds is 12. The van der Waals surface area contributed by atoms with Crippen molar-refractivity contribution in [3.63, 3.8) is 0 Å². The van der Waals surface area contributed by atoms with Crippen LogP contribution in [0.1, 0.15) is 0 Å². The molecule has 12 nitrogen and oxygen atoms in total. The molecule has 3 aromatic rings. The Morgan fingerprint density at radius 3 is 1.41 bits per heavy atom. The number of nitro groups is 3. The first-order chi connectivity index (χ1) is 16.4. The number of anilines is 3. The smallest absolute Gasteiger partial charge is 0.292 e. The number of benzene rings is 3. The molecule has 0 fully saturated rings. The van der Waals surface area contributed by atoms with Crippen molar-refractivity contribution in [1.82, 2.24) is 0 Å². The number of nitrogens with zero attached hydrogens (tertiary/aromatic N) is 4. The highest BCUT2D eigenvalue weighted by atomic mass is 16.6. The highest BCUT2D eigenvalue weighted by molar-refractivity contribution is 5.65. The summed E-state index contributed by atoms with van der Waals surface area (Å²) in [4.78, 5) is 34.3. The fourth-order valence-corrected chi connectivity index (χ4v) is 3.45. The molecular formula is C22H22N6O6. The average molecular weight is 466 g/mol. The molecule has 0 saturated heterocycles. The minimum absolute atomic E-state index is 0.0715. The molecule has 0 heterocycles. The van der Waals surface area contributed by atoms with Gasteiger partial charge in [-0.2, -0.15) is 0 Å². The number of hydrogen-bond donors (Lipinski definition) is 2. The van der Waals surface area contributed by atoms with Crippen molar-refractivity contribution < 1.29 is 14.8 Å². The Morgan fingerprint density at radius 1 is 0.588 bits per heavy atom. The summed E-state index contributed by atoms with van der Waals surface area (Å²) in [7, 11) is 0. The van der Waals surface area contributed by atoms with Crippen molar-refractivity contribution in [3.05, 3.63) is 103 Å². The molecule has 176 valence electrons. The van der Waals surface area contributed by atoms with E-state index in [2.05, 4.69) is 10.6 Å². The van der Waals surface area contributed by atoms with Crippen molar-refractivity contribution in [2.24, 2.45) is 0 Å². The molecular weight excluding hydrogens is 444 g/mol. The fourth-order valence-electron chi connectivity index (χ4n) is 3.45. The van der Waals surface area contributed by atoms with Crippen molar-refractivity contribution in [1.29, 1.82) is 0 Å². The van der Waals surface area contributed by atoms with Gasteiger partial charge in [0.2, 0.25) is 0 Å². The Balaban J connectivity index is 1.75. The van der Waals surface area contributed by atoms with Gasteiger partial charge in [0.05, 0.1) is 14.8 Å². The van der Waals surface area contributed by atoms with Gasteiger partial charge in [0.25, 0.3) is 17.1 Å². The number of nitro benzene ring substituents is 3. The van der Waals surface area contributed by atoms with Crippen molar-refractivity contribution in [2.75, 3.05) is 41.7 Å². The SMILES string of the molecule is O=[N+]([O-])c1ccccc1NCCN(CCNc1ccccc1[N+](=O)[O-])c1ccccc1[N+](=O)[O-]. The lowest BCUT2D eigenvalue weighted by Crippen LogP contribution is -2.34. The van der Waals surface area contributed by atoms with Crippen LogP contribution < -0.4 is 15.5 Å². The molecule has 12 heteroatoms. The van der Waals surface area contributed by atoms with E-state index in [1.807, 2.05) is 0 Å². The third-order valence-electron chi connectivity index (χ3n) is 5.01. The molecule has 0 aliphatic rings. The molecule has 0 bridgehead atoms. The number of para-hydroxylation sites is 6. The molecule has 0 aliphatic carbocycles. The third kappa shape index (κ3) is 5.94. The van der Waals surface area contributed by atoms with Gasteiger partial charge in [-0.15, -0.1) is 0 Å². The summed E-state index contributed by atoms with van der Waals surface area (Å²) in [5.74, 6) is 0. The van der Waals surface area contributed by atoms with Gasteiger partial charge in [0, 0.05) is 44.4 Å². The van der Waals surface area contributed by atoms with E-state index < -0.39 is 14.8 Å². The van der Waals surface area contributed by atoms with Crippen LogP contribution in [0.3, 0.4) is 0 Å². The van der Waals surface area contributed by atoms with E-state index in [0.717, 1.165) is 0 Å². The van der Waals surface area contributed by atoms with Gasteiger partial charge in [-0.3, -0.25) is 30.3 Å². The minimum atomic E-state index is -0.487. The van der Waals surface area contributed by atoms with E-state index >= 15 is 0 Å². The molecule has 34 heavy (non-hydrogen) atoms. The zero-order valence-electron chi connectivity index (χ0n) is 18.0. The van der Waals surface area contributed by atoms with E-state index in [4.69, 9.17) is 0 Å². The van der Waals surface area contributed by atoms with E-state index in [-0.39, 0.29) is 43.2 Å². The van der Waals surface area contributed by atoms with Crippen LogP contribution >= 0.6 is 0 Å². The highest BCUT2D eigenvalue weighted by Crippen LogP contribution is 2.28. The summed E-state index contributed by atoms with van der Waals surface area (Å²) in [6.07, 6.45) is 0. The first-order valence-corrected chi connectivity index (χ1v) is 10.3. The summed E-state index contributed by atoms with van der Waals surface area (Å²) >= 11 is 0. The van der Waals surface area contributed by atoms with Crippen LogP contribution in [0.5, 0.6) is 0 Å². The lowest BCUT2D eigenvalue weighted by Gasteiger charge is -2.25. The molecule has 0 amide bonds. The second-order valence-corrected chi connectivity index (χ2v) is 7.13. The van der Waals surface area contributed by atoms with Crippen LogP contribution in [0, 0.1) is 30.3 Å². The molecule has 3 rings (SSSR count). The Labute approximate surface area is 194 Å². The maximum Gasteiger partial charge on any atom is 0.292 e. The molecule has 0 unspecified atom stereocenters. The summed E-state index contributed by atoms with van der Waals surface area (Å²) in [5, 5.41) is 40.0. The Kier molecular flexibility index (Phi) is 7.89. The molecule has 0 aromatic heterocycles. The van der Waals surface area contributed by atoms with Gasteiger partial charge in [-0.05, 0) is 18.2 Å². The van der Waals surface area contributed by atoms with Crippen LogP contribution in [0.4, 0.5) is 34.1 Å². The van der Waals surface area contributed by atoms with Crippen LogP contribution in [-0.4, -0.2) is 40.9 Å². The van der Waals surface area contributed by atoms with Crippen LogP contribution in [0.2, 0.25) is 0 Å². The first-order valence-electron chi connectivity index (χ1n) is 10.3. The van der Waals surface area contributed by atoms with E-state index in [1.54, 1.807) is 59.5 Å². The van der Waals surface area contributed by atoms with E-state index in [0.29, 0.717) is 17.1 Å². The van der Waals surface area contributed by atoms with Crippen LogP contribution in [0.25, 0.3) is 0 Å². The van der Waals surface area contributed by atoms with Crippen molar-refractivity contribution in [3.8, 4) is 0 Å². The predicted octanol–water partition coefficient (Wildman–Crippen LogP) is 4.44. The Hall–Kier alpha value is -4.74. The number of nitrogens with one attached hydrogen (secondary N) is 2. The fraction of sp³-hybridized carbons (Fsp3) is 0.182. The van der Waals surface area contributed by atoms with Gasteiger partial charge in [0.15, 0.2) is 0 Å². The Bertz CT molecular complexity index is 1120. The molecule has 0 spiro atoms. The van der Waals surface area contributed by atoms with Gasteiger partial charge < -0.3 is 15.5 Å². The lowest BCUT2D eigenvalue weighted by molar-refractivity contribution is -0.384. The molecule has 0 aliphatic heterocycles. The zero-order chi connectivity index (χ0) is 24.5. The van der Waals surface area contributed by atoms with E-state index in [9.17, 15) is 30.3 Å². The Morgan fingerprint density at radius 2 is 0.971 bits per heavy atom. The van der Waals surface area contributed by atoms with Crippen LogP contribution in [-0.2, 0) is 0 Å². The highest BCUT2D eigenvalue weighted by Gasteiger charge is 2.20. The topological polar surface area (TPSA) is 157 Å². The molecule has 0 radical (unpaired) electrons. The second kappa shape index (κ2) is 11.2. The maximum absolute atomic E-state index is 11.6. The molecule has 2 N–H and O–H groups in total.